The van der Waals surface area contributed by atoms with Crippen molar-refractivity contribution < 1.29 is 23.8 Å². The molecule has 0 fully saturated rings. The van der Waals surface area contributed by atoms with E-state index in [9.17, 15) is 23.6 Å². The van der Waals surface area contributed by atoms with Gasteiger partial charge in [-0.1, -0.05) is 6.07 Å². The van der Waals surface area contributed by atoms with Crippen molar-refractivity contribution in [3.63, 3.8) is 0 Å². The van der Waals surface area contributed by atoms with E-state index in [0.29, 0.717) is 12.1 Å². The number of carboxylic acids is 1. The number of carbonyl (C=O) groups is 2. The number of hydrogen-bond acceptors (Lipinski definition) is 10. The van der Waals surface area contributed by atoms with Crippen molar-refractivity contribution in [2.45, 2.75) is 6.54 Å². The van der Waals surface area contributed by atoms with Crippen LogP contribution in [0.4, 0.5) is 21.5 Å². The van der Waals surface area contributed by atoms with Gasteiger partial charge in [-0.15, -0.1) is 0 Å². The molecule has 0 aliphatic carbocycles. The number of aromatic carboxylic acids is 1. The number of nitrogens with zero attached hydrogens (tertiary/aromatic N) is 3. The largest absolute Gasteiger partial charge is 0.477 e. The van der Waals surface area contributed by atoms with Crippen LogP contribution in [0.15, 0.2) is 46.1 Å². The number of hydrogen-bond donors (Lipinski definition) is 4. The molecule has 14 heteroatoms. The molecule has 2 aromatic heterocycles. The fourth-order valence-electron chi connectivity index (χ4n) is 2.80. The van der Waals surface area contributed by atoms with Crippen molar-refractivity contribution in [2.75, 3.05) is 18.2 Å². The lowest BCUT2D eigenvalue weighted by Gasteiger charge is -2.11. The van der Waals surface area contributed by atoms with Gasteiger partial charge in [0.15, 0.2) is 17.0 Å². The maximum atomic E-state index is 13.5. The van der Waals surface area contributed by atoms with Gasteiger partial charge in [0.05, 0.1) is 19.0 Å². The molecular formula is C20H16ClFN6O6. The maximum Gasteiger partial charge on any atom is 0.356 e. The Balaban J connectivity index is 0.000000192. The third kappa shape index (κ3) is 4.84. The second kappa shape index (κ2) is 10.1. The summed E-state index contributed by atoms with van der Waals surface area (Å²) in [6.45, 7) is 0.331. The molecule has 0 amide bonds. The first-order valence-electron chi connectivity index (χ1n) is 9.32. The van der Waals surface area contributed by atoms with Crippen LogP contribution in [0, 0.1) is 5.82 Å². The number of fused-ring (bicyclic) bond motifs is 1. The smallest absolute Gasteiger partial charge is 0.356 e. The highest BCUT2D eigenvalue weighted by Crippen LogP contribution is 2.22. The summed E-state index contributed by atoms with van der Waals surface area (Å²) in [6, 6.07) is 6.86. The summed E-state index contributed by atoms with van der Waals surface area (Å²) >= 11 is 5.35. The van der Waals surface area contributed by atoms with Crippen LogP contribution < -0.4 is 26.7 Å². The van der Waals surface area contributed by atoms with Gasteiger partial charge in [0.2, 0.25) is 0 Å². The van der Waals surface area contributed by atoms with Crippen LogP contribution >= 0.6 is 11.8 Å². The predicted octanol–water partition coefficient (Wildman–Crippen LogP) is 1.21. The average molecular weight is 491 g/mol. The number of anilines is 3. The van der Waals surface area contributed by atoms with Gasteiger partial charge in [-0.25, -0.2) is 28.3 Å². The number of benzene rings is 1. The Hall–Kier alpha value is -4.36. The lowest BCUT2D eigenvalue weighted by Crippen LogP contribution is -2.36. The first-order chi connectivity index (χ1) is 16.2. The third-order valence-corrected chi connectivity index (χ3v) is 4.62. The molecule has 12 nitrogen and oxygen atoms in total. The Morgan fingerprint density at radius 1 is 1.24 bits per heavy atom. The molecule has 0 atom stereocenters. The van der Waals surface area contributed by atoms with E-state index in [1.54, 1.807) is 6.07 Å². The normalized spacial score (nSPS) is 10.6. The van der Waals surface area contributed by atoms with Crippen molar-refractivity contribution >= 4 is 46.4 Å². The van der Waals surface area contributed by atoms with Crippen LogP contribution in [0.5, 0.6) is 0 Å². The van der Waals surface area contributed by atoms with Gasteiger partial charge in [-0.05, 0) is 29.5 Å². The lowest BCUT2D eigenvalue weighted by molar-refractivity contribution is 0.0590. The maximum absolute atomic E-state index is 13.5. The van der Waals surface area contributed by atoms with Gasteiger partial charge >= 0.3 is 11.9 Å². The SMILES string of the molecule is COC(=O)c1cc(C(=O)O)nc2ccnn12.Nc1c(Nc2cc(CNCl)ccc2F)c(=O)c1=O. The Bertz CT molecular complexity index is 1460. The van der Waals surface area contributed by atoms with E-state index in [2.05, 4.69) is 25.0 Å². The van der Waals surface area contributed by atoms with Crippen molar-refractivity contribution in [2.24, 2.45) is 0 Å². The highest BCUT2D eigenvalue weighted by atomic mass is 35.5. The van der Waals surface area contributed by atoms with Crippen LogP contribution in [0.25, 0.3) is 5.65 Å². The zero-order valence-corrected chi connectivity index (χ0v) is 18.1. The second-order valence-electron chi connectivity index (χ2n) is 6.62. The summed E-state index contributed by atoms with van der Waals surface area (Å²) in [4.78, 5) is 50.5. The van der Waals surface area contributed by atoms with Gasteiger partial charge < -0.3 is 20.9 Å². The van der Waals surface area contributed by atoms with Gasteiger partial charge in [0, 0.05) is 18.7 Å². The first-order valence-corrected chi connectivity index (χ1v) is 9.69. The van der Waals surface area contributed by atoms with Gasteiger partial charge in [0.1, 0.15) is 17.2 Å². The standard InChI is InChI=1S/C11H9ClFN3O2.C9H7N3O4/c12-15-4-5-1-2-6(13)7(3-5)16-9-8(14)10(17)11(9)18;1-16-9(15)6-4-5(8(13)14)11-7-2-3-10-12(6)7/h1-3,15-16H,4,14H2;2-4H,1H3,(H,13,14). The number of nitrogens with one attached hydrogen (secondary N) is 2. The summed E-state index contributed by atoms with van der Waals surface area (Å²) in [6.07, 6.45) is 1.42. The van der Waals surface area contributed by atoms with Crippen molar-refractivity contribution in [1.29, 1.82) is 0 Å². The van der Waals surface area contributed by atoms with Crippen LogP contribution in [0.1, 0.15) is 26.5 Å². The van der Waals surface area contributed by atoms with E-state index in [1.165, 1.54) is 36.0 Å². The second-order valence-corrected chi connectivity index (χ2v) is 6.89. The Labute approximate surface area is 194 Å². The van der Waals surface area contributed by atoms with E-state index in [4.69, 9.17) is 22.6 Å². The average Bonchev–Trinajstić information content (AvgIpc) is 3.31. The fourth-order valence-corrected chi connectivity index (χ4v) is 2.95. The molecule has 0 spiro atoms. The molecule has 176 valence electrons. The summed E-state index contributed by atoms with van der Waals surface area (Å²) in [5.74, 6) is -2.44. The number of methoxy groups -OCH3 is 1. The minimum Gasteiger partial charge on any atom is -0.477 e. The molecule has 4 aromatic rings. The molecule has 0 aliphatic rings. The molecule has 2 aromatic carbocycles. The summed E-state index contributed by atoms with van der Waals surface area (Å²) < 4.78 is 19.3. The summed E-state index contributed by atoms with van der Waals surface area (Å²) in [5.41, 5.74) is 4.45. The quantitative estimate of drug-likeness (QED) is 0.173. The molecule has 34 heavy (non-hydrogen) atoms. The Morgan fingerprint density at radius 3 is 2.59 bits per heavy atom. The van der Waals surface area contributed by atoms with Crippen molar-refractivity contribution in [1.82, 2.24) is 19.4 Å². The van der Waals surface area contributed by atoms with Crippen molar-refractivity contribution in [3.05, 3.63) is 79.7 Å². The van der Waals surface area contributed by atoms with E-state index in [0.717, 1.165) is 6.07 Å². The highest BCUT2D eigenvalue weighted by Gasteiger charge is 2.19. The monoisotopic (exact) mass is 490 g/mol. The van der Waals surface area contributed by atoms with Gasteiger partial charge in [-0.2, -0.15) is 5.10 Å². The van der Waals surface area contributed by atoms with Crippen LogP contribution in [-0.4, -0.2) is 38.8 Å². The number of nitrogen functional groups attached to an aromatic ring is 1. The molecule has 0 saturated carbocycles. The summed E-state index contributed by atoms with van der Waals surface area (Å²) in [7, 11) is 1.21. The number of halogens is 2. The number of aromatic nitrogens is 3. The number of esters is 1. The molecule has 0 radical (unpaired) electrons. The number of carboxylic acid groups (broad SMARTS) is 1. The zero-order chi connectivity index (χ0) is 25.0. The molecule has 4 rings (SSSR count). The van der Waals surface area contributed by atoms with E-state index in [1.807, 2.05) is 0 Å². The van der Waals surface area contributed by atoms with Crippen LogP contribution in [0.3, 0.4) is 0 Å². The minimum atomic E-state index is -1.21. The van der Waals surface area contributed by atoms with Gasteiger partial charge in [-0.3, -0.25) is 9.59 Å². The topological polar surface area (TPSA) is 178 Å². The Kier molecular flexibility index (Phi) is 7.18. The van der Waals surface area contributed by atoms with Crippen molar-refractivity contribution in [3.8, 4) is 0 Å². The van der Waals surface area contributed by atoms with E-state index in [-0.39, 0.29) is 34.1 Å². The molecule has 5 N–H and O–H groups in total. The van der Waals surface area contributed by atoms with Crippen LogP contribution in [0.2, 0.25) is 0 Å². The molecule has 0 saturated heterocycles. The highest BCUT2D eigenvalue weighted by molar-refractivity contribution is 6.13. The minimum absolute atomic E-state index is 0.0231. The fraction of sp³-hybridized carbons (Fsp3) is 0.100. The lowest BCUT2D eigenvalue weighted by atomic mass is 10.1. The van der Waals surface area contributed by atoms with E-state index >= 15 is 0 Å². The molecule has 0 unspecified atom stereocenters. The predicted molar refractivity (Wildman–Crippen MR) is 119 cm³/mol. The van der Waals surface area contributed by atoms with Crippen LogP contribution in [-0.2, 0) is 11.3 Å². The van der Waals surface area contributed by atoms with E-state index < -0.39 is 28.6 Å². The zero-order valence-electron chi connectivity index (χ0n) is 17.3. The first kappa shape index (κ1) is 24.3. The molecule has 0 aliphatic heterocycles. The number of carbonyl (C=O) groups excluding carboxylic acids is 1. The Morgan fingerprint density at radius 2 is 1.97 bits per heavy atom. The van der Waals surface area contributed by atoms with Gasteiger partial charge in [0.25, 0.3) is 10.9 Å². The number of rotatable bonds is 6. The molecule has 2 heterocycles. The summed E-state index contributed by atoms with van der Waals surface area (Å²) in [5, 5.41) is 15.2. The number of nitrogens with two attached hydrogens (primary N) is 1. The third-order valence-electron chi connectivity index (χ3n) is 4.48. The molecular weight excluding hydrogens is 475 g/mol. The number of ether oxygens (including phenoxy) is 1. The molecule has 0 bridgehead atoms.